The molecule has 1 N–H and O–H groups in total. The van der Waals surface area contributed by atoms with E-state index in [4.69, 9.17) is 11.6 Å². The van der Waals surface area contributed by atoms with Crippen LogP contribution in [0.15, 0.2) is 71.6 Å². The molecule has 0 aromatic heterocycles. The zero-order valence-corrected chi connectivity index (χ0v) is 24.2. The molecule has 39 heavy (non-hydrogen) atoms. The minimum atomic E-state index is -4.23. The zero-order chi connectivity index (χ0) is 28.9. The van der Waals surface area contributed by atoms with Gasteiger partial charge in [-0.05, 0) is 70.5 Å². The van der Waals surface area contributed by atoms with Crippen LogP contribution in [0.1, 0.15) is 37.5 Å². The predicted molar refractivity (Wildman–Crippen MR) is 152 cm³/mol. The lowest BCUT2D eigenvalue weighted by Gasteiger charge is -2.32. The van der Waals surface area contributed by atoms with Crippen molar-refractivity contribution in [1.82, 2.24) is 10.2 Å². The van der Waals surface area contributed by atoms with Gasteiger partial charge >= 0.3 is 0 Å². The fourth-order valence-corrected chi connectivity index (χ4v) is 5.64. The van der Waals surface area contributed by atoms with Gasteiger partial charge in [-0.25, -0.2) is 12.8 Å². The van der Waals surface area contributed by atoms with Crippen molar-refractivity contribution in [2.45, 2.75) is 58.1 Å². The van der Waals surface area contributed by atoms with Crippen molar-refractivity contribution < 1.29 is 22.4 Å². The lowest BCUT2D eigenvalue weighted by molar-refractivity contribution is -0.139. The smallest absolute Gasteiger partial charge is 0.264 e. The van der Waals surface area contributed by atoms with E-state index in [9.17, 15) is 22.4 Å². The van der Waals surface area contributed by atoms with Gasteiger partial charge in [-0.1, -0.05) is 53.6 Å². The maximum atomic E-state index is 14.6. The highest BCUT2D eigenvalue weighted by molar-refractivity contribution is 7.92. The molecule has 2 amide bonds. The van der Waals surface area contributed by atoms with Gasteiger partial charge in [0.25, 0.3) is 10.0 Å². The van der Waals surface area contributed by atoms with E-state index in [0.29, 0.717) is 10.6 Å². The molecular formula is C29H33ClFN3O4S. The van der Waals surface area contributed by atoms with Gasteiger partial charge < -0.3 is 10.2 Å². The molecule has 0 aliphatic heterocycles. The number of hydrogen-bond donors (Lipinski definition) is 1. The minimum absolute atomic E-state index is 0.00784. The normalized spacial score (nSPS) is 12.2. The van der Waals surface area contributed by atoms with Crippen LogP contribution < -0.4 is 9.62 Å². The largest absolute Gasteiger partial charge is 0.352 e. The summed E-state index contributed by atoms with van der Waals surface area (Å²) in [5, 5.41) is 3.06. The lowest BCUT2D eigenvalue weighted by Crippen LogP contribution is -2.52. The molecule has 0 bridgehead atoms. The van der Waals surface area contributed by atoms with E-state index in [1.807, 2.05) is 6.92 Å². The predicted octanol–water partition coefficient (Wildman–Crippen LogP) is 5.23. The molecule has 10 heteroatoms. The second kappa shape index (κ2) is 12.6. The molecular weight excluding hydrogens is 541 g/mol. The van der Waals surface area contributed by atoms with Crippen molar-refractivity contribution >= 4 is 39.1 Å². The number of nitrogens with zero attached hydrogens (tertiary/aromatic N) is 2. The fraction of sp³-hybridized carbons (Fsp3) is 0.310. The Morgan fingerprint density at radius 2 is 1.62 bits per heavy atom. The summed E-state index contributed by atoms with van der Waals surface area (Å²) in [6, 6.07) is 15.8. The molecule has 0 heterocycles. The third-order valence-electron chi connectivity index (χ3n) is 6.22. The molecule has 208 valence electrons. The van der Waals surface area contributed by atoms with Gasteiger partial charge in [-0.15, -0.1) is 0 Å². The highest BCUT2D eigenvalue weighted by Gasteiger charge is 2.33. The molecule has 1 unspecified atom stereocenters. The SMILES string of the molecule is Cc1ccc(S(=O)(=O)N(CC(=O)N(Cc2ccccc2F)C(C)C(=O)NC(C)C)c2cc(Cl)ccc2C)cc1. The highest BCUT2D eigenvalue weighted by Crippen LogP contribution is 2.30. The van der Waals surface area contributed by atoms with Gasteiger partial charge in [0.05, 0.1) is 10.6 Å². The number of carbonyl (C=O) groups is 2. The molecule has 3 rings (SSSR count). The summed E-state index contributed by atoms with van der Waals surface area (Å²) in [6.07, 6.45) is 0. The van der Waals surface area contributed by atoms with Crippen molar-refractivity contribution in [3.63, 3.8) is 0 Å². The number of hydrogen-bond acceptors (Lipinski definition) is 4. The first-order valence-corrected chi connectivity index (χ1v) is 14.3. The molecule has 0 saturated carbocycles. The van der Waals surface area contributed by atoms with E-state index in [1.165, 1.54) is 48.2 Å². The van der Waals surface area contributed by atoms with E-state index >= 15 is 0 Å². The van der Waals surface area contributed by atoms with Gasteiger partial charge in [0.1, 0.15) is 18.4 Å². The molecule has 0 saturated heterocycles. The molecule has 3 aromatic rings. The van der Waals surface area contributed by atoms with Crippen molar-refractivity contribution in [1.29, 1.82) is 0 Å². The van der Waals surface area contributed by atoms with Crippen LogP contribution in [0.25, 0.3) is 0 Å². The van der Waals surface area contributed by atoms with Crippen molar-refractivity contribution in [3.8, 4) is 0 Å². The Kier molecular flexibility index (Phi) is 9.74. The molecule has 0 aliphatic carbocycles. The second-order valence-corrected chi connectivity index (χ2v) is 12.0. The monoisotopic (exact) mass is 573 g/mol. The third-order valence-corrected chi connectivity index (χ3v) is 8.23. The molecule has 0 aliphatic rings. The van der Waals surface area contributed by atoms with E-state index in [0.717, 1.165) is 9.87 Å². The summed E-state index contributed by atoms with van der Waals surface area (Å²) in [5.74, 6) is -1.66. The maximum Gasteiger partial charge on any atom is 0.264 e. The van der Waals surface area contributed by atoms with E-state index in [2.05, 4.69) is 5.32 Å². The summed E-state index contributed by atoms with van der Waals surface area (Å²) < 4.78 is 43.4. The Bertz CT molecular complexity index is 1450. The molecule has 1 atom stereocenters. The number of carbonyl (C=O) groups excluding carboxylic acids is 2. The number of amides is 2. The summed E-state index contributed by atoms with van der Waals surface area (Å²) in [4.78, 5) is 28.0. The van der Waals surface area contributed by atoms with Gasteiger partial charge in [-0.2, -0.15) is 0 Å². The van der Waals surface area contributed by atoms with Crippen LogP contribution in [0.4, 0.5) is 10.1 Å². The first-order valence-electron chi connectivity index (χ1n) is 12.5. The van der Waals surface area contributed by atoms with Gasteiger partial charge in [0.2, 0.25) is 11.8 Å². The van der Waals surface area contributed by atoms with Crippen LogP contribution in [0.2, 0.25) is 5.02 Å². The third kappa shape index (κ3) is 7.36. The number of rotatable bonds is 10. The molecule has 3 aromatic carbocycles. The number of benzene rings is 3. The quantitative estimate of drug-likeness (QED) is 0.360. The molecule has 0 spiro atoms. The van der Waals surface area contributed by atoms with E-state index < -0.39 is 40.2 Å². The van der Waals surface area contributed by atoms with Gasteiger partial charge in [0.15, 0.2) is 0 Å². The maximum absolute atomic E-state index is 14.6. The Balaban J connectivity index is 2.09. The molecule has 0 fully saturated rings. The second-order valence-electron chi connectivity index (χ2n) is 9.71. The average molecular weight is 574 g/mol. The van der Waals surface area contributed by atoms with Crippen molar-refractivity contribution in [2.24, 2.45) is 0 Å². The Hall–Kier alpha value is -3.43. The summed E-state index contributed by atoms with van der Waals surface area (Å²) in [5.41, 5.74) is 1.87. The van der Waals surface area contributed by atoms with Crippen LogP contribution in [-0.4, -0.2) is 43.8 Å². The van der Waals surface area contributed by atoms with Gasteiger partial charge in [0, 0.05) is 23.2 Å². The van der Waals surface area contributed by atoms with E-state index in [-0.39, 0.29) is 28.7 Å². The number of sulfonamides is 1. The Labute approximate surface area is 234 Å². The first-order chi connectivity index (χ1) is 18.3. The standard InChI is InChI=1S/C29H33ClFN3O4S/c1-19(2)32-29(36)22(5)33(17-23-8-6-7-9-26(23)31)28(35)18-34(27-16-24(30)13-12-21(27)4)39(37,38)25-14-10-20(3)11-15-25/h6-16,19,22H,17-18H2,1-5H3,(H,32,36). The highest BCUT2D eigenvalue weighted by atomic mass is 35.5. The number of nitrogens with one attached hydrogen (secondary N) is 1. The lowest BCUT2D eigenvalue weighted by atomic mass is 10.1. The fourth-order valence-electron chi connectivity index (χ4n) is 4.00. The average Bonchev–Trinajstić information content (AvgIpc) is 2.87. The van der Waals surface area contributed by atoms with E-state index in [1.54, 1.807) is 51.1 Å². The van der Waals surface area contributed by atoms with Crippen LogP contribution >= 0.6 is 11.6 Å². The van der Waals surface area contributed by atoms with Crippen LogP contribution in [0.3, 0.4) is 0 Å². The van der Waals surface area contributed by atoms with Gasteiger partial charge in [-0.3, -0.25) is 13.9 Å². The minimum Gasteiger partial charge on any atom is -0.352 e. The summed E-state index contributed by atoms with van der Waals surface area (Å²) in [6.45, 7) is 7.78. The van der Waals surface area contributed by atoms with Crippen LogP contribution in [0, 0.1) is 19.7 Å². The summed E-state index contributed by atoms with van der Waals surface area (Å²) in [7, 11) is -4.23. The molecule has 0 radical (unpaired) electrons. The Morgan fingerprint density at radius 1 is 0.974 bits per heavy atom. The zero-order valence-electron chi connectivity index (χ0n) is 22.6. The van der Waals surface area contributed by atoms with Crippen molar-refractivity contribution in [3.05, 3.63) is 94.3 Å². The topological polar surface area (TPSA) is 86.8 Å². The van der Waals surface area contributed by atoms with Crippen LogP contribution in [-0.2, 0) is 26.2 Å². The number of halogens is 2. The number of aryl methyl sites for hydroxylation is 2. The summed E-state index contributed by atoms with van der Waals surface area (Å²) >= 11 is 6.23. The van der Waals surface area contributed by atoms with Crippen LogP contribution in [0.5, 0.6) is 0 Å². The first kappa shape index (κ1) is 30.1. The molecule has 7 nitrogen and oxygen atoms in total. The number of anilines is 1. The Morgan fingerprint density at radius 3 is 2.23 bits per heavy atom. The van der Waals surface area contributed by atoms with Crippen molar-refractivity contribution in [2.75, 3.05) is 10.8 Å².